The second-order valence-electron chi connectivity index (χ2n) is 7.40. The molecule has 2 fully saturated rings. The molecule has 1 amide bonds. The van der Waals surface area contributed by atoms with Crippen molar-refractivity contribution in [2.24, 2.45) is 11.7 Å². The minimum Gasteiger partial charge on any atom is -0.492 e. The number of amides is 1. The minimum absolute atomic E-state index is 0.0278. The Labute approximate surface area is 160 Å². The Balaban J connectivity index is 1.32. The van der Waals surface area contributed by atoms with E-state index in [0.717, 1.165) is 45.3 Å². The first-order valence-electron chi connectivity index (χ1n) is 9.86. The van der Waals surface area contributed by atoms with Crippen LogP contribution >= 0.6 is 0 Å². The molecule has 150 valence electrons. The highest BCUT2D eigenvalue weighted by Gasteiger charge is 2.29. The maximum absolute atomic E-state index is 12.9. The van der Waals surface area contributed by atoms with Gasteiger partial charge in [-0.25, -0.2) is 4.39 Å². The van der Waals surface area contributed by atoms with Crippen LogP contribution in [0.3, 0.4) is 0 Å². The van der Waals surface area contributed by atoms with E-state index in [9.17, 15) is 9.18 Å². The van der Waals surface area contributed by atoms with Gasteiger partial charge in [-0.3, -0.25) is 9.69 Å². The number of piperidine rings is 1. The first kappa shape index (κ1) is 20.0. The van der Waals surface area contributed by atoms with Gasteiger partial charge in [0.15, 0.2) is 0 Å². The van der Waals surface area contributed by atoms with Crippen molar-refractivity contribution in [3.05, 3.63) is 30.1 Å². The van der Waals surface area contributed by atoms with Crippen molar-refractivity contribution < 1.29 is 18.7 Å². The van der Waals surface area contributed by atoms with Gasteiger partial charge in [0.1, 0.15) is 18.2 Å². The molecule has 2 saturated heterocycles. The molecule has 2 aliphatic rings. The standard InChI is InChI=1S/C20H30FN3O3/c21-16-1-3-18(4-2-16)27-14-11-24-9-5-17(6-10-24)23-20(25)19(22)15-7-12-26-13-8-15/h1-4,15,17,19H,5-14,22H2,(H,23,25). The lowest BCUT2D eigenvalue weighted by Crippen LogP contribution is -2.52. The summed E-state index contributed by atoms with van der Waals surface area (Å²) < 4.78 is 23.9. The van der Waals surface area contributed by atoms with Crippen molar-refractivity contribution in [1.29, 1.82) is 0 Å². The minimum atomic E-state index is -0.434. The number of benzene rings is 1. The van der Waals surface area contributed by atoms with Crippen LogP contribution in [0.15, 0.2) is 24.3 Å². The van der Waals surface area contributed by atoms with Crippen molar-refractivity contribution in [2.45, 2.75) is 37.8 Å². The van der Waals surface area contributed by atoms with E-state index in [0.29, 0.717) is 25.6 Å². The number of hydrogen-bond acceptors (Lipinski definition) is 5. The van der Waals surface area contributed by atoms with Gasteiger partial charge in [0, 0.05) is 38.9 Å². The molecule has 2 heterocycles. The summed E-state index contributed by atoms with van der Waals surface area (Å²) in [5.74, 6) is 0.617. The lowest BCUT2D eigenvalue weighted by molar-refractivity contribution is -0.125. The van der Waals surface area contributed by atoms with Gasteiger partial charge in [-0.1, -0.05) is 0 Å². The molecule has 1 atom stereocenters. The van der Waals surface area contributed by atoms with Gasteiger partial charge >= 0.3 is 0 Å². The predicted molar refractivity (Wildman–Crippen MR) is 101 cm³/mol. The predicted octanol–water partition coefficient (Wildman–Crippen LogP) is 1.54. The third-order valence-electron chi connectivity index (χ3n) is 5.50. The fourth-order valence-corrected chi connectivity index (χ4v) is 3.71. The van der Waals surface area contributed by atoms with Gasteiger partial charge in [0.2, 0.25) is 5.91 Å². The number of ether oxygens (including phenoxy) is 2. The molecule has 1 aromatic rings. The molecule has 27 heavy (non-hydrogen) atoms. The fourth-order valence-electron chi connectivity index (χ4n) is 3.71. The summed E-state index contributed by atoms with van der Waals surface area (Å²) in [6.07, 6.45) is 3.56. The third kappa shape index (κ3) is 6.16. The quantitative estimate of drug-likeness (QED) is 0.752. The highest BCUT2D eigenvalue weighted by molar-refractivity contribution is 5.82. The Bertz CT molecular complexity index is 585. The summed E-state index contributed by atoms with van der Waals surface area (Å²) in [7, 11) is 0. The maximum atomic E-state index is 12.9. The summed E-state index contributed by atoms with van der Waals surface area (Å²) >= 11 is 0. The van der Waals surface area contributed by atoms with E-state index in [1.54, 1.807) is 12.1 Å². The number of carbonyl (C=O) groups excluding carboxylic acids is 1. The smallest absolute Gasteiger partial charge is 0.237 e. The third-order valence-corrected chi connectivity index (χ3v) is 5.50. The van der Waals surface area contributed by atoms with Gasteiger partial charge in [-0.2, -0.15) is 0 Å². The van der Waals surface area contributed by atoms with E-state index >= 15 is 0 Å². The zero-order chi connectivity index (χ0) is 19.1. The van der Waals surface area contributed by atoms with E-state index in [2.05, 4.69) is 10.2 Å². The molecule has 1 unspecified atom stereocenters. The summed E-state index contributed by atoms with van der Waals surface area (Å²) in [6.45, 7) is 4.62. The Hall–Kier alpha value is -1.70. The van der Waals surface area contributed by atoms with Crippen LogP contribution in [-0.2, 0) is 9.53 Å². The summed E-state index contributed by atoms with van der Waals surface area (Å²) in [5.41, 5.74) is 6.15. The molecule has 0 spiro atoms. The lowest BCUT2D eigenvalue weighted by Gasteiger charge is -2.34. The second-order valence-corrected chi connectivity index (χ2v) is 7.40. The number of halogens is 1. The van der Waals surface area contributed by atoms with Gasteiger partial charge in [0.05, 0.1) is 6.04 Å². The summed E-state index contributed by atoms with van der Waals surface area (Å²) in [5, 5.41) is 3.13. The van der Waals surface area contributed by atoms with Gasteiger partial charge in [-0.15, -0.1) is 0 Å². The topological polar surface area (TPSA) is 76.8 Å². The molecule has 1 aromatic carbocycles. The monoisotopic (exact) mass is 379 g/mol. The van der Waals surface area contributed by atoms with Crippen molar-refractivity contribution in [3.8, 4) is 5.75 Å². The first-order chi connectivity index (χ1) is 13.1. The molecule has 3 N–H and O–H groups in total. The Kier molecular flexibility index (Phi) is 7.43. The molecule has 3 rings (SSSR count). The van der Waals surface area contributed by atoms with Crippen LogP contribution in [0.1, 0.15) is 25.7 Å². The molecule has 7 heteroatoms. The maximum Gasteiger partial charge on any atom is 0.237 e. The molecule has 2 aliphatic heterocycles. The van der Waals surface area contributed by atoms with Crippen LogP contribution in [0.5, 0.6) is 5.75 Å². The van der Waals surface area contributed by atoms with Crippen LogP contribution in [0.25, 0.3) is 0 Å². The average Bonchev–Trinajstić information content (AvgIpc) is 2.71. The van der Waals surface area contributed by atoms with Crippen LogP contribution < -0.4 is 15.8 Å². The molecule has 6 nitrogen and oxygen atoms in total. The number of likely N-dealkylation sites (tertiary alicyclic amines) is 1. The van der Waals surface area contributed by atoms with Crippen molar-refractivity contribution in [3.63, 3.8) is 0 Å². The normalized spacial score (nSPS) is 21.0. The highest BCUT2D eigenvalue weighted by Crippen LogP contribution is 2.18. The molecule has 0 aromatic heterocycles. The van der Waals surface area contributed by atoms with Crippen molar-refractivity contribution >= 4 is 5.91 Å². The fraction of sp³-hybridized carbons (Fsp3) is 0.650. The zero-order valence-corrected chi connectivity index (χ0v) is 15.7. The van der Waals surface area contributed by atoms with Gasteiger partial charge in [0.25, 0.3) is 0 Å². The Morgan fingerprint density at radius 2 is 1.89 bits per heavy atom. The Morgan fingerprint density at radius 1 is 1.22 bits per heavy atom. The molecule has 0 aliphatic carbocycles. The van der Waals surface area contributed by atoms with Gasteiger partial charge in [-0.05, 0) is 55.9 Å². The molecule has 0 bridgehead atoms. The number of carbonyl (C=O) groups is 1. The van der Waals surface area contributed by atoms with Crippen molar-refractivity contribution in [2.75, 3.05) is 39.5 Å². The van der Waals surface area contributed by atoms with Crippen LogP contribution in [-0.4, -0.2) is 62.3 Å². The largest absolute Gasteiger partial charge is 0.492 e. The van der Waals surface area contributed by atoms with Crippen LogP contribution in [0.2, 0.25) is 0 Å². The first-order valence-corrected chi connectivity index (χ1v) is 9.86. The Morgan fingerprint density at radius 3 is 2.56 bits per heavy atom. The SMILES string of the molecule is NC(C(=O)NC1CCN(CCOc2ccc(F)cc2)CC1)C1CCOCC1. The highest BCUT2D eigenvalue weighted by atomic mass is 19.1. The molecular weight excluding hydrogens is 349 g/mol. The summed E-state index contributed by atoms with van der Waals surface area (Å²) in [6, 6.07) is 5.83. The van der Waals surface area contributed by atoms with Crippen molar-refractivity contribution in [1.82, 2.24) is 10.2 Å². The lowest BCUT2D eigenvalue weighted by atomic mass is 9.91. The molecule has 0 radical (unpaired) electrons. The van der Waals surface area contributed by atoms with E-state index in [4.69, 9.17) is 15.2 Å². The van der Waals surface area contributed by atoms with E-state index < -0.39 is 6.04 Å². The average molecular weight is 379 g/mol. The second kappa shape index (κ2) is 10.0. The van der Waals surface area contributed by atoms with Crippen LogP contribution in [0, 0.1) is 11.7 Å². The molecule has 0 saturated carbocycles. The van der Waals surface area contributed by atoms with Gasteiger partial charge < -0.3 is 20.5 Å². The number of rotatable bonds is 7. The van der Waals surface area contributed by atoms with Crippen LogP contribution in [0.4, 0.5) is 4.39 Å². The van der Waals surface area contributed by atoms with E-state index in [1.165, 1.54) is 12.1 Å². The number of hydrogen-bond donors (Lipinski definition) is 2. The van der Waals surface area contributed by atoms with E-state index in [1.807, 2.05) is 0 Å². The number of nitrogens with one attached hydrogen (secondary N) is 1. The summed E-state index contributed by atoms with van der Waals surface area (Å²) in [4.78, 5) is 14.7. The van der Waals surface area contributed by atoms with E-state index in [-0.39, 0.29) is 23.7 Å². The zero-order valence-electron chi connectivity index (χ0n) is 15.7. The molecular formula is C20H30FN3O3. The number of nitrogens with two attached hydrogens (primary N) is 1. The number of nitrogens with zero attached hydrogens (tertiary/aromatic N) is 1.